The average molecular weight is 297 g/mol. The Hall–Kier alpha value is -3.02. The highest BCUT2D eigenvalue weighted by molar-refractivity contribution is 6.07. The van der Waals surface area contributed by atoms with Crippen LogP contribution in [0.1, 0.15) is 10.4 Å². The van der Waals surface area contributed by atoms with Gasteiger partial charge in [0.2, 0.25) is 0 Å². The van der Waals surface area contributed by atoms with E-state index in [0.717, 1.165) is 10.9 Å². The second-order valence-corrected chi connectivity index (χ2v) is 4.69. The summed E-state index contributed by atoms with van der Waals surface area (Å²) >= 11 is 0. The van der Waals surface area contributed by atoms with Gasteiger partial charge < -0.3 is 14.8 Å². The Labute approximate surface area is 127 Å². The Kier molecular flexibility index (Phi) is 3.65. The highest BCUT2D eigenvalue weighted by Crippen LogP contribution is 2.25. The molecule has 0 aliphatic carbocycles. The van der Waals surface area contributed by atoms with Crippen LogP contribution in [0.5, 0.6) is 11.5 Å². The van der Waals surface area contributed by atoms with Crippen molar-refractivity contribution >= 4 is 22.5 Å². The Balaban J connectivity index is 1.90. The number of ether oxygens (including phenoxy) is 2. The van der Waals surface area contributed by atoms with E-state index >= 15 is 0 Å². The molecule has 112 valence electrons. The molecular weight excluding hydrogens is 282 g/mol. The molecule has 6 heteroatoms. The summed E-state index contributed by atoms with van der Waals surface area (Å²) in [4.78, 5) is 12.5. The summed E-state index contributed by atoms with van der Waals surface area (Å²) in [5.41, 5.74) is 1.94. The van der Waals surface area contributed by atoms with Crippen LogP contribution in [-0.4, -0.2) is 30.3 Å². The molecule has 0 bridgehead atoms. The average Bonchev–Trinajstić information content (AvgIpc) is 3.01. The number of aromatic amines is 1. The van der Waals surface area contributed by atoms with Gasteiger partial charge in [-0.25, -0.2) is 0 Å². The predicted octanol–water partition coefficient (Wildman–Crippen LogP) is 2.83. The fourth-order valence-electron chi connectivity index (χ4n) is 2.20. The van der Waals surface area contributed by atoms with E-state index in [1.807, 2.05) is 18.2 Å². The van der Waals surface area contributed by atoms with Gasteiger partial charge in [-0.05, 0) is 36.4 Å². The van der Waals surface area contributed by atoms with Crippen LogP contribution in [0.3, 0.4) is 0 Å². The predicted molar refractivity (Wildman–Crippen MR) is 83.6 cm³/mol. The molecule has 2 aromatic carbocycles. The van der Waals surface area contributed by atoms with Crippen LogP contribution in [-0.2, 0) is 0 Å². The van der Waals surface area contributed by atoms with Gasteiger partial charge in [-0.2, -0.15) is 5.10 Å². The quantitative estimate of drug-likeness (QED) is 0.776. The van der Waals surface area contributed by atoms with Crippen molar-refractivity contribution in [1.29, 1.82) is 0 Å². The Morgan fingerprint density at radius 2 is 2.00 bits per heavy atom. The van der Waals surface area contributed by atoms with Crippen LogP contribution in [0.2, 0.25) is 0 Å². The summed E-state index contributed by atoms with van der Waals surface area (Å²) in [6.45, 7) is 0. The molecule has 1 amide bonds. The van der Waals surface area contributed by atoms with Crippen LogP contribution in [0.4, 0.5) is 5.69 Å². The zero-order chi connectivity index (χ0) is 15.5. The number of H-pyrrole nitrogens is 1. The number of fused-ring (bicyclic) bond motifs is 1. The Bertz CT molecular complexity index is 826. The summed E-state index contributed by atoms with van der Waals surface area (Å²) in [7, 11) is 3.07. The zero-order valence-electron chi connectivity index (χ0n) is 12.2. The molecule has 0 fully saturated rings. The van der Waals surface area contributed by atoms with Crippen LogP contribution in [0.15, 0.2) is 42.6 Å². The number of carbonyl (C=O) groups excluding carboxylic acids is 1. The molecule has 22 heavy (non-hydrogen) atoms. The van der Waals surface area contributed by atoms with Gasteiger partial charge in [-0.3, -0.25) is 9.89 Å². The highest BCUT2D eigenvalue weighted by atomic mass is 16.5. The Morgan fingerprint density at radius 3 is 2.77 bits per heavy atom. The van der Waals surface area contributed by atoms with E-state index in [9.17, 15) is 4.79 Å². The standard InChI is InChI=1S/C16H15N3O3/c1-21-12-5-6-15(22-2)13(8-12)16(20)18-11-4-3-10-9-17-19-14(10)7-11/h3-9H,1-2H3,(H,17,19)(H,18,20). The lowest BCUT2D eigenvalue weighted by Crippen LogP contribution is -2.13. The fourth-order valence-corrected chi connectivity index (χ4v) is 2.20. The molecule has 3 aromatic rings. The molecule has 0 spiro atoms. The van der Waals surface area contributed by atoms with Crippen molar-refractivity contribution in [3.05, 3.63) is 48.2 Å². The van der Waals surface area contributed by atoms with Gasteiger partial charge in [0, 0.05) is 11.1 Å². The first-order valence-corrected chi connectivity index (χ1v) is 6.68. The SMILES string of the molecule is COc1ccc(OC)c(C(=O)Nc2ccc3cn[nH]c3c2)c1. The van der Waals surface area contributed by atoms with Crippen LogP contribution in [0.25, 0.3) is 10.9 Å². The first-order chi connectivity index (χ1) is 10.7. The van der Waals surface area contributed by atoms with Crippen molar-refractivity contribution in [2.75, 3.05) is 19.5 Å². The molecule has 0 aliphatic heterocycles. The maximum Gasteiger partial charge on any atom is 0.259 e. The summed E-state index contributed by atoms with van der Waals surface area (Å²) in [5, 5.41) is 10.7. The first-order valence-electron chi connectivity index (χ1n) is 6.68. The first kappa shape index (κ1) is 13.9. The van der Waals surface area contributed by atoms with Crippen molar-refractivity contribution in [3.8, 4) is 11.5 Å². The van der Waals surface area contributed by atoms with Gasteiger partial charge in [0.1, 0.15) is 11.5 Å². The third-order valence-corrected chi connectivity index (χ3v) is 3.35. The number of anilines is 1. The fraction of sp³-hybridized carbons (Fsp3) is 0.125. The molecule has 2 N–H and O–H groups in total. The van der Waals surface area contributed by atoms with Gasteiger partial charge in [0.15, 0.2) is 0 Å². The number of hydrogen-bond donors (Lipinski definition) is 2. The molecule has 0 saturated heterocycles. The van der Waals surface area contributed by atoms with E-state index in [4.69, 9.17) is 9.47 Å². The monoisotopic (exact) mass is 297 g/mol. The minimum Gasteiger partial charge on any atom is -0.497 e. The third-order valence-electron chi connectivity index (χ3n) is 3.35. The van der Waals surface area contributed by atoms with Crippen molar-refractivity contribution in [1.82, 2.24) is 10.2 Å². The number of rotatable bonds is 4. The smallest absolute Gasteiger partial charge is 0.259 e. The molecule has 3 rings (SSSR count). The maximum atomic E-state index is 12.5. The lowest BCUT2D eigenvalue weighted by atomic mass is 10.1. The van der Waals surface area contributed by atoms with E-state index in [0.29, 0.717) is 22.7 Å². The molecular formula is C16H15N3O3. The van der Waals surface area contributed by atoms with Gasteiger partial charge >= 0.3 is 0 Å². The normalized spacial score (nSPS) is 10.5. The molecule has 0 aliphatic rings. The van der Waals surface area contributed by atoms with Crippen molar-refractivity contribution in [3.63, 3.8) is 0 Å². The molecule has 0 saturated carbocycles. The summed E-state index contributed by atoms with van der Waals surface area (Å²) in [5.74, 6) is 0.811. The number of benzene rings is 2. The Morgan fingerprint density at radius 1 is 1.14 bits per heavy atom. The van der Waals surface area contributed by atoms with Gasteiger partial charge in [0.25, 0.3) is 5.91 Å². The second kappa shape index (κ2) is 5.77. The topological polar surface area (TPSA) is 76.2 Å². The van der Waals surface area contributed by atoms with Crippen molar-refractivity contribution < 1.29 is 14.3 Å². The number of aromatic nitrogens is 2. The molecule has 0 atom stereocenters. The van der Waals surface area contributed by atoms with Crippen molar-refractivity contribution in [2.45, 2.75) is 0 Å². The van der Waals surface area contributed by atoms with Gasteiger partial charge in [-0.1, -0.05) is 0 Å². The highest BCUT2D eigenvalue weighted by Gasteiger charge is 2.14. The van der Waals surface area contributed by atoms with E-state index < -0.39 is 0 Å². The van der Waals surface area contributed by atoms with E-state index in [-0.39, 0.29) is 5.91 Å². The lowest BCUT2D eigenvalue weighted by Gasteiger charge is -2.11. The minimum atomic E-state index is -0.269. The zero-order valence-corrected chi connectivity index (χ0v) is 12.2. The number of nitrogens with zero attached hydrogens (tertiary/aromatic N) is 1. The number of nitrogens with one attached hydrogen (secondary N) is 2. The summed E-state index contributed by atoms with van der Waals surface area (Å²) < 4.78 is 10.4. The molecule has 1 aromatic heterocycles. The number of carbonyl (C=O) groups is 1. The van der Waals surface area contributed by atoms with E-state index in [1.54, 1.807) is 31.5 Å². The van der Waals surface area contributed by atoms with Gasteiger partial charge in [0.05, 0.1) is 31.5 Å². The van der Waals surface area contributed by atoms with Gasteiger partial charge in [-0.15, -0.1) is 0 Å². The van der Waals surface area contributed by atoms with E-state index in [1.165, 1.54) is 7.11 Å². The number of methoxy groups -OCH3 is 2. The van der Waals surface area contributed by atoms with Crippen molar-refractivity contribution in [2.24, 2.45) is 0 Å². The van der Waals surface area contributed by atoms with Crippen LogP contribution >= 0.6 is 0 Å². The largest absolute Gasteiger partial charge is 0.497 e. The summed E-state index contributed by atoms with van der Waals surface area (Å²) in [6, 6.07) is 10.6. The summed E-state index contributed by atoms with van der Waals surface area (Å²) in [6.07, 6.45) is 1.73. The molecule has 6 nitrogen and oxygen atoms in total. The molecule has 0 radical (unpaired) electrons. The van der Waals surface area contributed by atoms with Crippen LogP contribution in [0, 0.1) is 0 Å². The van der Waals surface area contributed by atoms with Crippen LogP contribution < -0.4 is 14.8 Å². The number of hydrogen-bond acceptors (Lipinski definition) is 4. The molecule has 0 unspecified atom stereocenters. The number of amides is 1. The van der Waals surface area contributed by atoms with E-state index in [2.05, 4.69) is 15.5 Å². The maximum absolute atomic E-state index is 12.5. The second-order valence-electron chi connectivity index (χ2n) is 4.69. The third kappa shape index (κ3) is 2.58. The molecule has 1 heterocycles. The minimum absolute atomic E-state index is 0.269. The lowest BCUT2D eigenvalue weighted by molar-refractivity contribution is 0.102.